The van der Waals surface area contributed by atoms with E-state index in [9.17, 15) is 4.39 Å². The Kier molecular flexibility index (Phi) is 3.82. The number of hydrogen-bond acceptors (Lipinski definition) is 2. The van der Waals surface area contributed by atoms with Gasteiger partial charge in [-0.25, -0.2) is 4.39 Å². The average Bonchev–Trinajstić information content (AvgIpc) is 2.31. The number of halogens is 1. The molecule has 0 aliphatic carbocycles. The summed E-state index contributed by atoms with van der Waals surface area (Å²) in [5.41, 5.74) is 1.76. The van der Waals surface area contributed by atoms with Gasteiger partial charge < -0.3 is 5.11 Å². The van der Waals surface area contributed by atoms with Crippen molar-refractivity contribution in [3.63, 3.8) is 0 Å². The third-order valence-electron chi connectivity index (χ3n) is 2.44. The van der Waals surface area contributed by atoms with E-state index in [-0.39, 0.29) is 12.4 Å². The van der Waals surface area contributed by atoms with Crippen LogP contribution in [-0.4, -0.2) is 5.11 Å². The minimum absolute atomic E-state index is 0.140. The van der Waals surface area contributed by atoms with Gasteiger partial charge in [0.25, 0.3) is 0 Å². The summed E-state index contributed by atoms with van der Waals surface area (Å²) >= 11 is 1.51. The molecule has 0 aliphatic rings. The molecule has 0 saturated carbocycles. The first kappa shape index (κ1) is 12.1. The minimum Gasteiger partial charge on any atom is -0.392 e. The Morgan fingerprint density at radius 2 is 1.94 bits per heavy atom. The predicted molar refractivity (Wildman–Crippen MR) is 67.6 cm³/mol. The van der Waals surface area contributed by atoms with E-state index in [0.717, 1.165) is 15.4 Å². The Balaban J connectivity index is 2.30. The van der Waals surface area contributed by atoms with E-state index in [0.29, 0.717) is 5.56 Å². The SMILES string of the molecule is Cc1ccccc1Sc1cc(F)cc(CO)c1. The van der Waals surface area contributed by atoms with Crippen molar-refractivity contribution in [1.29, 1.82) is 0 Å². The first-order valence-electron chi connectivity index (χ1n) is 5.33. The van der Waals surface area contributed by atoms with E-state index in [2.05, 4.69) is 0 Å². The quantitative estimate of drug-likeness (QED) is 0.892. The van der Waals surface area contributed by atoms with E-state index in [4.69, 9.17) is 5.11 Å². The van der Waals surface area contributed by atoms with E-state index in [1.54, 1.807) is 6.07 Å². The lowest BCUT2D eigenvalue weighted by Crippen LogP contribution is -1.87. The zero-order chi connectivity index (χ0) is 12.3. The van der Waals surface area contributed by atoms with E-state index in [1.165, 1.54) is 23.9 Å². The predicted octanol–water partition coefficient (Wildman–Crippen LogP) is 3.78. The number of benzene rings is 2. The van der Waals surface area contributed by atoms with Crippen molar-refractivity contribution in [2.45, 2.75) is 23.3 Å². The summed E-state index contributed by atoms with van der Waals surface area (Å²) < 4.78 is 13.3. The molecule has 0 amide bonds. The number of aliphatic hydroxyl groups is 1. The minimum atomic E-state index is -0.312. The van der Waals surface area contributed by atoms with Gasteiger partial charge in [0.05, 0.1) is 6.61 Å². The van der Waals surface area contributed by atoms with Crippen LogP contribution < -0.4 is 0 Å². The van der Waals surface area contributed by atoms with Gasteiger partial charge in [-0.05, 0) is 42.3 Å². The van der Waals surface area contributed by atoms with Crippen LogP contribution in [0.3, 0.4) is 0 Å². The molecule has 3 heteroatoms. The summed E-state index contributed by atoms with van der Waals surface area (Å²) in [6.07, 6.45) is 0. The Morgan fingerprint density at radius 3 is 2.65 bits per heavy atom. The molecule has 2 aromatic carbocycles. The molecule has 88 valence electrons. The molecule has 0 fully saturated rings. The van der Waals surface area contributed by atoms with Crippen LogP contribution in [-0.2, 0) is 6.61 Å². The highest BCUT2D eigenvalue weighted by Crippen LogP contribution is 2.31. The maximum atomic E-state index is 13.3. The standard InChI is InChI=1S/C14H13FOS/c1-10-4-2-3-5-14(10)17-13-7-11(9-16)6-12(15)8-13/h2-8,16H,9H2,1H3. The van der Waals surface area contributed by atoms with Gasteiger partial charge in [0.2, 0.25) is 0 Å². The highest BCUT2D eigenvalue weighted by atomic mass is 32.2. The molecule has 1 nitrogen and oxygen atoms in total. The van der Waals surface area contributed by atoms with Crippen molar-refractivity contribution >= 4 is 11.8 Å². The van der Waals surface area contributed by atoms with Crippen molar-refractivity contribution in [3.05, 3.63) is 59.4 Å². The van der Waals surface area contributed by atoms with E-state index < -0.39 is 0 Å². The Labute approximate surface area is 104 Å². The molecule has 0 aliphatic heterocycles. The van der Waals surface area contributed by atoms with Gasteiger partial charge in [0.1, 0.15) is 5.82 Å². The summed E-state index contributed by atoms with van der Waals surface area (Å²) in [6.45, 7) is 1.88. The molecule has 0 saturated heterocycles. The van der Waals surface area contributed by atoms with Gasteiger partial charge in [0.15, 0.2) is 0 Å². The van der Waals surface area contributed by atoms with Crippen LogP contribution in [0, 0.1) is 12.7 Å². The molecule has 2 rings (SSSR count). The Hall–Kier alpha value is -1.32. The van der Waals surface area contributed by atoms with Crippen molar-refractivity contribution in [1.82, 2.24) is 0 Å². The maximum absolute atomic E-state index is 13.3. The molecule has 0 atom stereocenters. The van der Waals surface area contributed by atoms with E-state index in [1.807, 2.05) is 31.2 Å². The number of aryl methyl sites for hydroxylation is 1. The Morgan fingerprint density at radius 1 is 1.18 bits per heavy atom. The van der Waals surface area contributed by atoms with Crippen LogP contribution in [0.25, 0.3) is 0 Å². The van der Waals surface area contributed by atoms with Crippen LogP contribution in [0.2, 0.25) is 0 Å². The molecular weight excluding hydrogens is 235 g/mol. The zero-order valence-corrected chi connectivity index (χ0v) is 10.3. The third-order valence-corrected chi connectivity index (χ3v) is 3.58. The maximum Gasteiger partial charge on any atom is 0.124 e. The van der Waals surface area contributed by atoms with Crippen molar-refractivity contribution in [2.75, 3.05) is 0 Å². The van der Waals surface area contributed by atoms with E-state index >= 15 is 0 Å². The zero-order valence-electron chi connectivity index (χ0n) is 9.48. The van der Waals surface area contributed by atoms with Crippen LogP contribution in [0.4, 0.5) is 4.39 Å². The molecule has 0 radical (unpaired) electrons. The largest absolute Gasteiger partial charge is 0.392 e. The number of hydrogen-bond donors (Lipinski definition) is 1. The molecule has 2 aromatic rings. The fourth-order valence-corrected chi connectivity index (χ4v) is 2.58. The molecule has 0 bridgehead atoms. The van der Waals surface area contributed by atoms with Crippen LogP contribution in [0.1, 0.15) is 11.1 Å². The van der Waals surface area contributed by atoms with Crippen LogP contribution in [0.15, 0.2) is 52.3 Å². The van der Waals surface area contributed by atoms with Crippen LogP contribution in [0.5, 0.6) is 0 Å². The molecular formula is C14H13FOS. The topological polar surface area (TPSA) is 20.2 Å². The lowest BCUT2D eigenvalue weighted by Gasteiger charge is -2.06. The van der Waals surface area contributed by atoms with Gasteiger partial charge in [-0.3, -0.25) is 0 Å². The van der Waals surface area contributed by atoms with Gasteiger partial charge in [0, 0.05) is 9.79 Å². The van der Waals surface area contributed by atoms with Crippen molar-refractivity contribution in [2.24, 2.45) is 0 Å². The summed E-state index contributed by atoms with van der Waals surface area (Å²) in [5.74, 6) is -0.312. The summed E-state index contributed by atoms with van der Waals surface area (Å²) in [5, 5.41) is 9.03. The molecule has 0 heterocycles. The summed E-state index contributed by atoms with van der Waals surface area (Å²) in [6, 6.07) is 12.6. The van der Waals surface area contributed by atoms with Gasteiger partial charge >= 0.3 is 0 Å². The molecule has 1 N–H and O–H groups in total. The molecule has 0 aromatic heterocycles. The lowest BCUT2D eigenvalue weighted by molar-refractivity contribution is 0.281. The first-order valence-corrected chi connectivity index (χ1v) is 6.14. The third kappa shape index (κ3) is 3.08. The first-order chi connectivity index (χ1) is 8.19. The van der Waals surface area contributed by atoms with Gasteiger partial charge in [-0.1, -0.05) is 30.0 Å². The number of rotatable bonds is 3. The highest BCUT2D eigenvalue weighted by molar-refractivity contribution is 7.99. The fourth-order valence-electron chi connectivity index (χ4n) is 1.57. The van der Waals surface area contributed by atoms with Crippen molar-refractivity contribution in [3.8, 4) is 0 Å². The second-order valence-corrected chi connectivity index (χ2v) is 4.94. The normalized spacial score (nSPS) is 10.5. The monoisotopic (exact) mass is 248 g/mol. The number of aliphatic hydroxyl groups excluding tert-OH is 1. The summed E-state index contributed by atoms with van der Waals surface area (Å²) in [7, 11) is 0. The Bertz CT molecular complexity index is 525. The molecule has 17 heavy (non-hydrogen) atoms. The second-order valence-electron chi connectivity index (χ2n) is 3.82. The fraction of sp³-hybridized carbons (Fsp3) is 0.143. The van der Waals surface area contributed by atoms with Crippen molar-refractivity contribution < 1.29 is 9.50 Å². The lowest BCUT2D eigenvalue weighted by atomic mass is 10.2. The smallest absolute Gasteiger partial charge is 0.124 e. The second kappa shape index (κ2) is 5.34. The van der Waals surface area contributed by atoms with Gasteiger partial charge in [-0.15, -0.1) is 0 Å². The summed E-state index contributed by atoms with van der Waals surface area (Å²) in [4.78, 5) is 1.91. The average molecular weight is 248 g/mol. The highest BCUT2D eigenvalue weighted by Gasteiger charge is 2.04. The van der Waals surface area contributed by atoms with Gasteiger partial charge in [-0.2, -0.15) is 0 Å². The molecule has 0 spiro atoms. The molecule has 0 unspecified atom stereocenters. The van der Waals surface area contributed by atoms with Crippen LogP contribution >= 0.6 is 11.8 Å².